The molecule has 2 heterocycles. The van der Waals surface area contributed by atoms with Gasteiger partial charge in [0.15, 0.2) is 5.69 Å². The summed E-state index contributed by atoms with van der Waals surface area (Å²) in [7, 11) is 0. The van der Waals surface area contributed by atoms with Crippen molar-refractivity contribution < 1.29 is 9.84 Å². The molecule has 0 fully saturated rings. The SMILES string of the molecule is ON=C1CCc2nonc2C1=Nn1cnnc1. The van der Waals surface area contributed by atoms with Gasteiger partial charge in [0.1, 0.15) is 29.8 Å². The summed E-state index contributed by atoms with van der Waals surface area (Å²) in [6, 6.07) is 0. The van der Waals surface area contributed by atoms with E-state index in [1.54, 1.807) is 0 Å². The molecule has 0 saturated carbocycles. The summed E-state index contributed by atoms with van der Waals surface area (Å²) in [4.78, 5) is 0. The standard InChI is InChI=1S/C8H7N7O2/c16-12-5-1-2-6-8(14-17-13-6)7(5)11-15-3-9-10-4-15/h3-4,16H,1-2H2. The number of hydrogen-bond acceptors (Lipinski definition) is 8. The molecule has 0 unspecified atom stereocenters. The van der Waals surface area contributed by atoms with Crippen LogP contribution in [0.15, 0.2) is 27.5 Å². The second-order valence-corrected chi connectivity index (χ2v) is 3.40. The van der Waals surface area contributed by atoms with Crippen LogP contribution >= 0.6 is 0 Å². The molecule has 0 spiro atoms. The number of nitrogens with zero attached hydrogens (tertiary/aromatic N) is 7. The molecule has 1 aliphatic rings. The average molecular weight is 233 g/mol. The minimum atomic E-state index is 0.412. The van der Waals surface area contributed by atoms with Crippen LogP contribution in [0.1, 0.15) is 17.8 Å². The quantitative estimate of drug-likeness (QED) is 0.533. The second kappa shape index (κ2) is 3.77. The van der Waals surface area contributed by atoms with E-state index in [0.29, 0.717) is 35.7 Å². The van der Waals surface area contributed by atoms with Gasteiger partial charge in [0.05, 0.1) is 0 Å². The lowest BCUT2D eigenvalue weighted by Gasteiger charge is -2.10. The number of fused-ring (bicyclic) bond motifs is 1. The molecule has 0 aliphatic heterocycles. The first-order chi connectivity index (χ1) is 8.38. The molecule has 1 N–H and O–H groups in total. The van der Waals surface area contributed by atoms with Gasteiger partial charge in [-0.05, 0) is 5.16 Å². The van der Waals surface area contributed by atoms with E-state index in [1.165, 1.54) is 17.3 Å². The Kier molecular flexibility index (Phi) is 2.14. The van der Waals surface area contributed by atoms with Crippen molar-refractivity contribution >= 4 is 11.4 Å². The first-order valence-electron chi connectivity index (χ1n) is 4.85. The van der Waals surface area contributed by atoms with Crippen molar-refractivity contribution in [2.75, 3.05) is 0 Å². The zero-order valence-corrected chi connectivity index (χ0v) is 8.55. The monoisotopic (exact) mass is 233 g/mol. The van der Waals surface area contributed by atoms with Crippen LogP contribution < -0.4 is 0 Å². The predicted octanol–water partition coefficient (Wildman–Crippen LogP) is -0.310. The van der Waals surface area contributed by atoms with Gasteiger partial charge in [-0.2, -0.15) is 5.10 Å². The third kappa shape index (κ3) is 1.57. The molecule has 9 heteroatoms. The summed E-state index contributed by atoms with van der Waals surface area (Å²) < 4.78 is 6.04. The number of hydrogen-bond donors (Lipinski definition) is 1. The van der Waals surface area contributed by atoms with E-state index >= 15 is 0 Å². The highest BCUT2D eigenvalue weighted by Gasteiger charge is 2.27. The smallest absolute Gasteiger partial charge is 0.160 e. The van der Waals surface area contributed by atoms with Crippen molar-refractivity contribution in [3.63, 3.8) is 0 Å². The molecular formula is C8H7N7O2. The molecule has 1 aliphatic carbocycles. The minimum Gasteiger partial charge on any atom is -0.411 e. The topological polar surface area (TPSA) is 115 Å². The van der Waals surface area contributed by atoms with E-state index in [1.807, 2.05) is 0 Å². The maximum absolute atomic E-state index is 8.94. The fourth-order valence-electron chi connectivity index (χ4n) is 1.61. The minimum absolute atomic E-state index is 0.412. The van der Waals surface area contributed by atoms with E-state index in [2.05, 4.69) is 35.4 Å². The normalized spacial score (nSPS) is 19.8. The van der Waals surface area contributed by atoms with Gasteiger partial charge in [-0.15, -0.1) is 10.2 Å². The second-order valence-electron chi connectivity index (χ2n) is 3.40. The van der Waals surface area contributed by atoms with Crippen LogP contribution in [-0.2, 0) is 6.42 Å². The van der Waals surface area contributed by atoms with E-state index in [-0.39, 0.29) is 0 Å². The Morgan fingerprint density at radius 2 is 2.06 bits per heavy atom. The van der Waals surface area contributed by atoms with Gasteiger partial charge in [-0.1, -0.05) is 10.3 Å². The molecule has 0 saturated heterocycles. The summed E-state index contributed by atoms with van der Waals surface area (Å²) in [5.41, 5.74) is 2.03. The highest BCUT2D eigenvalue weighted by atomic mass is 16.6. The van der Waals surface area contributed by atoms with Crippen molar-refractivity contribution in [3.05, 3.63) is 24.0 Å². The largest absolute Gasteiger partial charge is 0.411 e. The molecule has 17 heavy (non-hydrogen) atoms. The van der Waals surface area contributed by atoms with Gasteiger partial charge in [0.2, 0.25) is 0 Å². The van der Waals surface area contributed by atoms with Crippen LogP contribution in [0.4, 0.5) is 0 Å². The molecule has 2 aromatic heterocycles. The molecule has 0 radical (unpaired) electrons. The van der Waals surface area contributed by atoms with E-state index in [9.17, 15) is 0 Å². The van der Waals surface area contributed by atoms with Crippen LogP contribution in [0.5, 0.6) is 0 Å². The maximum atomic E-state index is 8.94. The summed E-state index contributed by atoms with van der Waals surface area (Å²) in [5, 5.41) is 31.1. The lowest BCUT2D eigenvalue weighted by atomic mass is 9.97. The number of aromatic nitrogens is 5. The first-order valence-corrected chi connectivity index (χ1v) is 4.85. The summed E-state index contributed by atoms with van der Waals surface area (Å²) >= 11 is 0. The Bertz CT molecular complexity index is 583. The third-order valence-corrected chi connectivity index (χ3v) is 2.40. The highest BCUT2D eigenvalue weighted by Crippen LogP contribution is 2.16. The summed E-state index contributed by atoms with van der Waals surface area (Å²) in [6.07, 6.45) is 3.98. The molecule has 0 bridgehead atoms. The Morgan fingerprint density at radius 3 is 2.82 bits per heavy atom. The van der Waals surface area contributed by atoms with Crippen LogP contribution in [0, 0.1) is 0 Å². The van der Waals surface area contributed by atoms with Gasteiger partial charge in [-0.3, -0.25) is 0 Å². The predicted molar refractivity (Wildman–Crippen MR) is 53.8 cm³/mol. The third-order valence-electron chi connectivity index (χ3n) is 2.40. The zero-order valence-electron chi connectivity index (χ0n) is 8.55. The zero-order chi connectivity index (χ0) is 11.7. The van der Waals surface area contributed by atoms with Crippen LogP contribution in [0.2, 0.25) is 0 Å². The first kappa shape index (κ1) is 9.63. The highest BCUT2D eigenvalue weighted by molar-refractivity contribution is 6.48. The molecule has 86 valence electrons. The van der Waals surface area contributed by atoms with E-state index in [0.717, 1.165) is 0 Å². The van der Waals surface area contributed by atoms with Gasteiger partial charge in [0, 0.05) is 12.8 Å². The lowest BCUT2D eigenvalue weighted by Crippen LogP contribution is -2.24. The van der Waals surface area contributed by atoms with Gasteiger partial charge < -0.3 is 5.21 Å². The van der Waals surface area contributed by atoms with E-state index in [4.69, 9.17) is 5.21 Å². The lowest BCUT2D eigenvalue weighted by molar-refractivity contribution is 0.303. The van der Waals surface area contributed by atoms with E-state index < -0.39 is 0 Å². The summed E-state index contributed by atoms with van der Waals surface area (Å²) in [5.74, 6) is 0. The Balaban J connectivity index is 2.13. The molecule has 2 aromatic rings. The molecule has 0 amide bonds. The van der Waals surface area contributed by atoms with Crippen molar-refractivity contribution in [1.29, 1.82) is 0 Å². The number of aryl methyl sites for hydroxylation is 1. The Morgan fingerprint density at radius 1 is 1.24 bits per heavy atom. The van der Waals surface area contributed by atoms with Gasteiger partial charge in [0.25, 0.3) is 0 Å². The van der Waals surface area contributed by atoms with Crippen molar-refractivity contribution in [2.45, 2.75) is 12.8 Å². The number of oxime groups is 1. The average Bonchev–Trinajstić information content (AvgIpc) is 2.99. The summed E-state index contributed by atoms with van der Waals surface area (Å²) in [6.45, 7) is 0. The van der Waals surface area contributed by atoms with Gasteiger partial charge in [-0.25, -0.2) is 9.31 Å². The molecular weight excluding hydrogens is 226 g/mol. The van der Waals surface area contributed by atoms with Crippen molar-refractivity contribution in [3.8, 4) is 0 Å². The Hall–Kier alpha value is -2.58. The molecule has 3 rings (SSSR count). The maximum Gasteiger partial charge on any atom is 0.160 e. The fourth-order valence-corrected chi connectivity index (χ4v) is 1.61. The molecule has 0 aromatic carbocycles. The van der Waals surface area contributed by atoms with Crippen molar-refractivity contribution in [2.24, 2.45) is 10.3 Å². The molecule has 9 nitrogen and oxygen atoms in total. The van der Waals surface area contributed by atoms with Crippen LogP contribution in [-0.4, -0.2) is 41.8 Å². The fraction of sp³-hybridized carbons (Fsp3) is 0.250. The van der Waals surface area contributed by atoms with Crippen LogP contribution in [0.3, 0.4) is 0 Å². The Labute approximate surface area is 94.4 Å². The van der Waals surface area contributed by atoms with Crippen molar-refractivity contribution in [1.82, 2.24) is 25.2 Å². The van der Waals surface area contributed by atoms with Gasteiger partial charge >= 0.3 is 0 Å². The number of rotatable bonds is 1. The van der Waals surface area contributed by atoms with Crippen LogP contribution in [0.25, 0.3) is 0 Å². The molecule has 0 atom stereocenters.